The first-order valence-corrected chi connectivity index (χ1v) is 6.91. The van der Waals surface area contributed by atoms with Crippen LogP contribution in [-0.4, -0.2) is 35.5 Å². The standard InChI is InChI=1S/C14H16BrN3O/c1-18(8-3-9-19)14-7-6-13(16-17-14)11-4-2-5-12(15)10-11/h2,4-7,10,19H,3,8-9H2,1H3. The van der Waals surface area contributed by atoms with Gasteiger partial charge in [-0.05, 0) is 30.7 Å². The van der Waals surface area contributed by atoms with Crippen LogP contribution in [0.3, 0.4) is 0 Å². The Balaban J connectivity index is 2.14. The van der Waals surface area contributed by atoms with E-state index in [-0.39, 0.29) is 6.61 Å². The first kappa shape index (κ1) is 14.0. The predicted molar refractivity (Wildman–Crippen MR) is 80.1 cm³/mol. The summed E-state index contributed by atoms with van der Waals surface area (Å²) in [5.74, 6) is 0.812. The lowest BCUT2D eigenvalue weighted by Crippen LogP contribution is -2.20. The highest BCUT2D eigenvalue weighted by atomic mass is 79.9. The summed E-state index contributed by atoms with van der Waals surface area (Å²) < 4.78 is 1.02. The fourth-order valence-electron chi connectivity index (χ4n) is 1.75. The third-order valence-electron chi connectivity index (χ3n) is 2.81. The number of hydrogen-bond acceptors (Lipinski definition) is 4. The van der Waals surface area contributed by atoms with Crippen molar-refractivity contribution < 1.29 is 5.11 Å². The van der Waals surface area contributed by atoms with Crippen LogP contribution in [0.1, 0.15) is 6.42 Å². The summed E-state index contributed by atoms with van der Waals surface area (Å²) >= 11 is 3.45. The fourth-order valence-corrected chi connectivity index (χ4v) is 2.15. The maximum absolute atomic E-state index is 8.81. The van der Waals surface area contributed by atoms with Gasteiger partial charge < -0.3 is 10.0 Å². The van der Waals surface area contributed by atoms with E-state index in [1.54, 1.807) is 0 Å². The second-order valence-electron chi connectivity index (χ2n) is 4.29. The van der Waals surface area contributed by atoms with E-state index in [0.29, 0.717) is 0 Å². The minimum Gasteiger partial charge on any atom is -0.396 e. The van der Waals surface area contributed by atoms with Crippen molar-refractivity contribution in [3.05, 3.63) is 40.9 Å². The van der Waals surface area contributed by atoms with Gasteiger partial charge >= 0.3 is 0 Å². The zero-order valence-electron chi connectivity index (χ0n) is 10.8. The molecular weight excluding hydrogens is 306 g/mol. The topological polar surface area (TPSA) is 49.2 Å². The smallest absolute Gasteiger partial charge is 0.151 e. The van der Waals surface area contributed by atoms with Crippen molar-refractivity contribution in [2.75, 3.05) is 25.1 Å². The van der Waals surface area contributed by atoms with Crippen molar-refractivity contribution in [3.63, 3.8) is 0 Å². The molecule has 0 amide bonds. The molecule has 19 heavy (non-hydrogen) atoms. The quantitative estimate of drug-likeness (QED) is 0.920. The van der Waals surface area contributed by atoms with Gasteiger partial charge in [0.25, 0.3) is 0 Å². The van der Waals surface area contributed by atoms with Gasteiger partial charge in [-0.3, -0.25) is 0 Å². The van der Waals surface area contributed by atoms with Gasteiger partial charge in [-0.1, -0.05) is 28.1 Å². The molecule has 100 valence electrons. The summed E-state index contributed by atoms with van der Waals surface area (Å²) in [7, 11) is 1.94. The molecule has 0 aliphatic rings. The lowest BCUT2D eigenvalue weighted by molar-refractivity contribution is 0.290. The third kappa shape index (κ3) is 3.75. The Kier molecular flexibility index (Phi) is 4.87. The van der Waals surface area contributed by atoms with Crippen LogP contribution in [0.4, 0.5) is 5.82 Å². The zero-order chi connectivity index (χ0) is 13.7. The van der Waals surface area contributed by atoms with Gasteiger partial charge in [0.1, 0.15) is 0 Å². The second kappa shape index (κ2) is 6.63. The zero-order valence-corrected chi connectivity index (χ0v) is 12.3. The molecule has 0 aliphatic heterocycles. The van der Waals surface area contributed by atoms with Gasteiger partial charge in [0, 0.05) is 30.2 Å². The Morgan fingerprint density at radius 1 is 1.21 bits per heavy atom. The van der Waals surface area contributed by atoms with Crippen molar-refractivity contribution in [3.8, 4) is 11.3 Å². The van der Waals surface area contributed by atoms with Crippen LogP contribution < -0.4 is 4.90 Å². The molecule has 0 saturated carbocycles. The van der Waals surface area contributed by atoms with Crippen molar-refractivity contribution in [2.45, 2.75) is 6.42 Å². The monoisotopic (exact) mass is 321 g/mol. The first-order valence-electron chi connectivity index (χ1n) is 6.12. The molecule has 2 aromatic rings. The molecule has 1 heterocycles. The molecule has 1 N–H and O–H groups in total. The van der Waals surface area contributed by atoms with E-state index in [2.05, 4.69) is 26.1 Å². The number of benzene rings is 1. The Morgan fingerprint density at radius 2 is 2.05 bits per heavy atom. The van der Waals surface area contributed by atoms with Gasteiger partial charge in [0.05, 0.1) is 5.69 Å². The summed E-state index contributed by atoms with van der Waals surface area (Å²) in [6.45, 7) is 0.954. The van der Waals surface area contributed by atoms with Crippen molar-refractivity contribution in [2.24, 2.45) is 0 Å². The number of halogens is 1. The van der Waals surface area contributed by atoms with Crippen LogP contribution in [0.15, 0.2) is 40.9 Å². The van der Waals surface area contributed by atoms with E-state index in [1.807, 2.05) is 48.3 Å². The fraction of sp³-hybridized carbons (Fsp3) is 0.286. The van der Waals surface area contributed by atoms with Crippen LogP contribution in [-0.2, 0) is 0 Å². The highest BCUT2D eigenvalue weighted by molar-refractivity contribution is 9.10. The van der Waals surface area contributed by atoms with Crippen LogP contribution in [0, 0.1) is 0 Å². The number of aliphatic hydroxyl groups excluding tert-OH is 1. The normalized spacial score (nSPS) is 10.5. The average Bonchev–Trinajstić information content (AvgIpc) is 2.45. The maximum Gasteiger partial charge on any atom is 0.151 e. The number of anilines is 1. The molecule has 0 spiro atoms. The lowest BCUT2D eigenvalue weighted by atomic mass is 10.1. The summed E-state index contributed by atoms with van der Waals surface area (Å²) in [5, 5.41) is 17.3. The Bertz CT molecular complexity index is 530. The Morgan fingerprint density at radius 3 is 2.68 bits per heavy atom. The van der Waals surface area contributed by atoms with E-state index in [4.69, 9.17) is 5.11 Å². The Hall–Kier alpha value is -1.46. The predicted octanol–water partition coefficient (Wildman–Crippen LogP) is 2.72. The summed E-state index contributed by atoms with van der Waals surface area (Å²) in [6, 6.07) is 11.9. The van der Waals surface area contributed by atoms with E-state index >= 15 is 0 Å². The average molecular weight is 322 g/mol. The maximum atomic E-state index is 8.81. The number of nitrogens with zero attached hydrogens (tertiary/aromatic N) is 3. The van der Waals surface area contributed by atoms with Crippen molar-refractivity contribution in [1.82, 2.24) is 10.2 Å². The van der Waals surface area contributed by atoms with Crippen LogP contribution in [0.5, 0.6) is 0 Å². The van der Waals surface area contributed by atoms with Gasteiger partial charge in [-0.25, -0.2) is 0 Å². The van der Waals surface area contributed by atoms with E-state index < -0.39 is 0 Å². The van der Waals surface area contributed by atoms with Gasteiger partial charge in [0.2, 0.25) is 0 Å². The number of rotatable bonds is 5. The van der Waals surface area contributed by atoms with E-state index in [1.165, 1.54) is 0 Å². The lowest BCUT2D eigenvalue weighted by Gasteiger charge is -2.16. The summed E-state index contributed by atoms with van der Waals surface area (Å²) in [5.41, 5.74) is 1.88. The molecule has 0 bridgehead atoms. The molecule has 0 unspecified atom stereocenters. The molecule has 4 nitrogen and oxygen atoms in total. The van der Waals surface area contributed by atoms with Crippen LogP contribution in [0.2, 0.25) is 0 Å². The molecule has 0 fully saturated rings. The minimum atomic E-state index is 0.188. The molecular formula is C14H16BrN3O. The van der Waals surface area contributed by atoms with Gasteiger partial charge in [0.15, 0.2) is 5.82 Å². The van der Waals surface area contributed by atoms with Crippen molar-refractivity contribution in [1.29, 1.82) is 0 Å². The van der Waals surface area contributed by atoms with Gasteiger partial charge in [-0.15, -0.1) is 10.2 Å². The number of aromatic nitrogens is 2. The summed E-state index contributed by atoms with van der Waals surface area (Å²) in [4.78, 5) is 1.98. The van der Waals surface area contributed by atoms with Crippen LogP contribution in [0.25, 0.3) is 11.3 Å². The van der Waals surface area contributed by atoms with Crippen molar-refractivity contribution >= 4 is 21.7 Å². The molecule has 1 aromatic carbocycles. The minimum absolute atomic E-state index is 0.188. The third-order valence-corrected chi connectivity index (χ3v) is 3.31. The SMILES string of the molecule is CN(CCCO)c1ccc(-c2cccc(Br)c2)nn1. The van der Waals surface area contributed by atoms with E-state index in [9.17, 15) is 0 Å². The molecule has 0 saturated heterocycles. The largest absolute Gasteiger partial charge is 0.396 e. The molecule has 1 aromatic heterocycles. The highest BCUT2D eigenvalue weighted by Gasteiger charge is 2.05. The summed E-state index contributed by atoms with van der Waals surface area (Å²) in [6.07, 6.45) is 0.728. The molecule has 5 heteroatoms. The molecule has 0 atom stereocenters. The highest BCUT2D eigenvalue weighted by Crippen LogP contribution is 2.21. The number of hydrogen-bond donors (Lipinski definition) is 1. The van der Waals surface area contributed by atoms with Crippen LogP contribution >= 0.6 is 15.9 Å². The molecule has 2 rings (SSSR count). The number of aliphatic hydroxyl groups is 1. The Labute approximate surface area is 121 Å². The molecule has 0 radical (unpaired) electrons. The van der Waals surface area contributed by atoms with Gasteiger partial charge in [-0.2, -0.15) is 0 Å². The second-order valence-corrected chi connectivity index (χ2v) is 5.20. The van der Waals surface area contributed by atoms with E-state index in [0.717, 1.165) is 34.5 Å². The first-order chi connectivity index (χ1) is 9.20. The molecule has 0 aliphatic carbocycles.